The molecule has 0 aliphatic carbocycles. The number of hydrogen-bond donors (Lipinski definition) is 2. The fourth-order valence-electron chi connectivity index (χ4n) is 2.97. The quantitative estimate of drug-likeness (QED) is 0.506. The molecule has 3 rings (SSSR count). The number of methoxy groups -OCH3 is 1. The van der Waals surface area contributed by atoms with Crippen molar-refractivity contribution in [3.63, 3.8) is 0 Å². The van der Waals surface area contributed by atoms with Crippen LogP contribution in [0.2, 0.25) is 0 Å². The van der Waals surface area contributed by atoms with Gasteiger partial charge in [0.05, 0.1) is 31.7 Å². The molecule has 0 radical (unpaired) electrons. The summed E-state index contributed by atoms with van der Waals surface area (Å²) in [7, 11) is 1.59. The Bertz CT molecular complexity index is 914. The first-order valence-corrected chi connectivity index (χ1v) is 10.3. The molecule has 0 atom stereocenters. The minimum atomic E-state index is -0.326. The van der Waals surface area contributed by atoms with E-state index in [4.69, 9.17) is 21.7 Å². The van der Waals surface area contributed by atoms with Crippen LogP contribution >= 0.6 is 28.1 Å². The lowest BCUT2D eigenvalue weighted by atomic mass is 10.2. The van der Waals surface area contributed by atoms with Crippen LogP contribution in [-0.2, 0) is 9.53 Å². The first-order valence-electron chi connectivity index (χ1n) is 9.12. The molecule has 2 aromatic rings. The number of morpholine rings is 1. The van der Waals surface area contributed by atoms with Crippen LogP contribution in [0.5, 0.6) is 5.75 Å². The van der Waals surface area contributed by atoms with E-state index in [-0.39, 0.29) is 11.0 Å². The van der Waals surface area contributed by atoms with Crippen LogP contribution in [0.4, 0.5) is 11.4 Å². The third-order valence-corrected chi connectivity index (χ3v) is 5.04. The van der Waals surface area contributed by atoms with Crippen LogP contribution in [-0.4, -0.2) is 44.4 Å². The Hall–Kier alpha value is -2.42. The van der Waals surface area contributed by atoms with Crippen LogP contribution < -0.4 is 20.3 Å². The molecule has 0 saturated carbocycles. The summed E-state index contributed by atoms with van der Waals surface area (Å²) in [5.74, 6) is 0.353. The van der Waals surface area contributed by atoms with Gasteiger partial charge in [0.15, 0.2) is 5.11 Å². The number of ether oxygens (including phenoxy) is 2. The predicted molar refractivity (Wildman–Crippen MR) is 124 cm³/mol. The maximum atomic E-state index is 12.3. The molecule has 1 heterocycles. The summed E-state index contributed by atoms with van der Waals surface area (Å²) in [6.45, 7) is 3.02. The van der Waals surface area contributed by atoms with Gasteiger partial charge in [0.2, 0.25) is 5.91 Å². The summed E-state index contributed by atoms with van der Waals surface area (Å²) in [6, 6.07) is 13.4. The second-order valence-corrected chi connectivity index (χ2v) is 7.60. The molecular weight excluding hydrogens is 454 g/mol. The number of nitrogens with one attached hydrogen (secondary N) is 2. The smallest absolute Gasteiger partial charge is 0.250 e. The van der Waals surface area contributed by atoms with Crippen molar-refractivity contribution >= 4 is 56.6 Å². The average Bonchev–Trinajstić information content (AvgIpc) is 2.73. The SMILES string of the molecule is COc1ccc(Br)cc1/C=C/C(=O)NC(=S)Nc1ccccc1N1CCOCC1. The van der Waals surface area contributed by atoms with Crippen molar-refractivity contribution in [3.8, 4) is 5.75 Å². The van der Waals surface area contributed by atoms with Crippen molar-refractivity contribution < 1.29 is 14.3 Å². The molecule has 0 spiro atoms. The number of carbonyl (C=O) groups is 1. The summed E-state index contributed by atoms with van der Waals surface area (Å²) in [5.41, 5.74) is 2.66. The number of para-hydroxylation sites is 2. The van der Waals surface area contributed by atoms with Crippen LogP contribution in [0.15, 0.2) is 53.0 Å². The third kappa shape index (κ3) is 6.03. The van der Waals surface area contributed by atoms with Crippen molar-refractivity contribution in [1.82, 2.24) is 5.32 Å². The van der Waals surface area contributed by atoms with E-state index in [0.717, 1.165) is 34.5 Å². The van der Waals surface area contributed by atoms with E-state index in [1.807, 2.05) is 42.5 Å². The molecule has 152 valence electrons. The topological polar surface area (TPSA) is 62.8 Å². The van der Waals surface area contributed by atoms with Gasteiger partial charge >= 0.3 is 0 Å². The molecule has 1 fully saturated rings. The second kappa shape index (κ2) is 10.4. The number of thiocarbonyl (C=S) groups is 1. The molecule has 1 aliphatic rings. The summed E-state index contributed by atoms with van der Waals surface area (Å²) >= 11 is 8.74. The van der Waals surface area contributed by atoms with Crippen LogP contribution in [0.25, 0.3) is 6.08 Å². The molecule has 0 aromatic heterocycles. The molecule has 2 N–H and O–H groups in total. The number of nitrogens with zero attached hydrogens (tertiary/aromatic N) is 1. The number of hydrogen-bond acceptors (Lipinski definition) is 5. The third-order valence-electron chi connectivity index (χ3n) is 4.35. The predicted octanol–water partition coefficient (Wildman–Crippen LogP) is 3.82. The van der Waals surface area contributed by atoms with Gasteiger partial charge < -0.3 is 19.7 Å². The molecule has 2 aromatic carbocycles. The van der Waals surface area contributed by atoms with E-state index in [1.165, 1.54) is 6.08 Å². The highest BCUT2D eigenvalue weighted by Gasteiger charge is 2.15. The monoisotopic (exact) mass is 475 g/mol. The Kier molecular flexibility index (Phi) is 7.62. The van der Waals surface area contributed by atoms with Gasteiger partial charge in [-0.1, -0.05) is 28.1 Å². The Morgan fingerprint density at radius 1 is 1.24 bits per heavy atom. The van der Waals surface area contributed by atoms with E-state index in [2.05, 4.69) is 31.5 Å². The van der Waals surface area contributed by atoms with E-state index in [0.29, 0.717) is 19.0 Å². The van der Waals surface area contributed by atoms with E-state index in [9.17, 15) is 4.79 Å². The van der Waals surface area contributed by atoms with Crippen molar-refractivity contribution in [1.29, 1.82) is 0 Å². The maximum absolute atomic E-state index is 12.3. The lowest BCUT2D eigenvalue weighted by Gasteiger charge is -2.30. The standard InChI is InChI=1S/C21H22BrN3O3S/c1-27-19-8-7-16(22)14-15(19)6-9-20(26)24-21(29)23-17-4-2-3-5-18(17)25-10-12-28-13-11-25/h2-9,14H,10-13H2,1H3,(H2,23,24,26,29)/b9-6+. The highest BCUT2D eigenvalue weighted by atomic mass is 79.9. The minimum absolute atomic E-state index is 0.238. The fraction of sp³-hybridized carbons (Fsp3) is 0.238. The molecule has 8 heteroatoms. The minimum Gasteiger partial charge on any atom is -0.496 e. The lowest BCUT2D eigenvalue weighted by Crippen LogP contribution is -2.37. The lowest BCUT2D eigenvalue weighted by molar-refractivity contribution is -0.115. The van der Waals surface area contributed by atoms with Gasteiger partial charge in [0, 0.05) is 29.2 Å². The zero-order valence-electron chi connectivity index (χ0n) is 16.0. The largest absolute Gasteiger partial charge is 0.496 e. The first kappa shape index (κ1) is 21.3. The van der Waals surface area contributed by atoms with Crippen LogP contribution in [0, 0.1) is 0 Å². The zero-order valence-corrected chi connectivity index (χ0v) is 18.4. The van der Waals surface area contributed by atoms with Gasteiger partial charge in [-0.2, -0.15) is 0 Å². The van der Waals surface area contributed by atoms with Gasteiger partial charge in [-0.3, -0.25) is 10.1 Å². The number of rotatable bonds is 5. The zero-order chi connectivity index (χ0) is 20.6. The van der Waals surface area contributed by atoms with Gasteiger partial charge in [0.25, 0.3) is 0 Å². The summed E-state index contributed by atoms with van der Waals surface area (Å²) in [6.07, 6.45) is 3.11. The van der Waals surface area contributed by atoms with Crippen LogP contribution in [0.1, 0.15) is 5.56 Å². The number of amides is 1. The van der Waals surface area contributed by atoms with Crippen LogP contribution in [0.3, 0.4) is 0 Å². The number of benzene rings is 2. The Morgan fingerprint density at radius 3 is 2.76 bits per heavy atom. The molecule has 0 bridgehead atoms. The normalized spacial score (nSPS) is 13.9. The average molecular weight is 476 g/mol. The number of anilines is 2. The molecule has 6 nitrogen and oxygen atoms in total. The Balaban J connectivity index is 1.63. The summed E-state index contributed by atoms with van der Waals surface area (Å²) < 4.78 is 11.6. The first-order chi connectivity index (χ1) is 14.1. The highest BCUT2D eigenvalue weighted by Crippen LogP contribution is 2.26. The van der Waals surface area contributed by atoms with E-state index >= 15 is 0 Å². The Morgan fingerprint density at radius 2 is 2.00 bits per heavy atom. The molecular formula is C21H22BrN3O3S. The van der Waals surface area contributed by atoms with Gasteiger partial charge in [-0.25, -0.2) is 0 Å². The second-order valence-electron chi connectivity index (χ2n) is 6.28. The van der Waals surface area contributed by atoms with E-state index < -0.39 is 0 Å². The van der Waals surface area contributed by atoms with Gasteiger partial charge in [0.1, 0.15) is 5.75 Å². The maximum Gasteiger partial charge on any atom is 0.250 e. The van der Waals surface area contributed by atoms with Crippen molar-refractivity contribution in [3.05, 3.63) is 58.6 Å². The molecule has 1 amide bonds. The summed E-state index contributed by atoms with van der Waals surface area (Å²) in [4.78, 5) is 14.5. The molecule has 0 unspecified atom stereocenters. The summed E-state index contributed by atoms with van der Waals surface area (Å²) in [5, 5.41) is 6.04. The molecule has 1 saturated heterocycles. The number of carbonyl (C=O) groups excluding carboxylic acids is 1. The van der Waals surface area contributed by atoms with Gasteiger partial charge in [-0.15, -0.1) is 0 Å². The van der Waals surface area contributed by atoms with E-state index in [1.54, 1.807) is 13.2 Å². The number of halogens is 1. The van der Waals surface area contributed by atoms with Crippen molar-refractivity contribution in [2.75, 3.05) is 43.6 Å². The molecule has 1 aliphatic heterocycles. The fourth-order valence-corrected chi connectivity index (χ4v) is 3.56. The van der Waals surface area contributed by atoms with Crippen molar-refractivity contribution in [2.45, 2.75) is 0 Å². The van der Waals surface area contributed by atoms with Gasteiger partial charge in [-0.05, 0) is 48.6 Å². The van der Waals surface area contributed by atoms with Crippen molar-refractivity contribution in [2.24, 2.45) is 0 Å². The highest BCUT2D eigenvalue weighted by molar-refractivity contribution is 9.10. The Labute approximate surface area is 184 Å². The molecule has 29 heavy (non-hydrogen) atoms.